The van der Waals surface area contributed by atoms with E-state index in [0.29, 0.717) is 11.0 Å². The van der Waals surface area contributed by atoms with Gasteiger partial charge in [-0.1, -0.05) is 36.4 Å². The summed E-state index contributed by atoms with van der Waals surface area (Å²) in [6, 6.07) is 21.9. The molecule has 28 heavy (non-hydrogen) atoms. The molecule has 5 rings (SSSR count). The van der Waals surface area contributed by atoms with E-state index in [0.717, 1.165) is 34.4 Å². The van der Waals surface area contributed by atoms with Crippen molar-refractivity contribution < 1.29 is 4.42 Å². The molecule has 0 unspecified atom stereocenters. The first-order chi connectivity index (χ1) is 13.7. The van der Waals surface area contributed by atoms with Crippen LogP contribution in [0.5, 0.6) is 0 Å². The number of nitrogens with one attached hydrogen (secondary N) is 2. The van der Waals surface area contributed by atoms with E-state index in [9.17, 15) is 9.59 Å². The van der Waals surface area contributed by atoms with E-state index in [-0.39, 0.29) is 0 Å². The SMILES string of the molecule is O=c1[nH]c2ccc(-c3c(Cc4ccccc4)cc4cccoc3-4)cc2[nH]c1=O. The fraction of sp³-hybridized carbons (Fsp3) is 0.0435. The van der Waals surface area contributed by atoms with Crippen LogP contribution in [0.1, 0.15) is 11.1 Å². The van der Waals surface area contributed by atoms with Crippen molar-refractivity contribution in [3.63, 3.8) is 0 Å². The lowest BCUT2D eigenvalue weighted by atomic mass is 9.98. The minimum absolute atomic E-state index is 0.582. The second-order valence-corrected chi connectivity index (χ2v) is 6.77. The first kappa shape index (κ1) is 16.3. The largest absolute Gasteiger partial charge is 0.464 e. The number of rotatable bonds is 3. The lowest BCUT2D eigenvalue weighted by molar-refractivity contribution is 0.568. The maximum Gasteiger partial charge on any atom is 0.314 e. The van der Waals surface area contributed by atoms with Crippen molar-refractivity contribution in [3.05, 3.63) is 105 Å². The number of fused-ring (bicyclic) bond motifs is 2. The Morgan fingerprint density at radius 3 is 2.36 bits per heavy atom. The van der Waals surface area contributed by atoms with Crippen LogP contribution in [0.4, 0.5) is 0 Å². The molecule has 0 spiro atoms. The van der Waals surface area contributed by atoms with Gasteiger partial charge < -0.3 is 14.4 Å². The maximum absolute atomic E-state index is 11.7. The Morgan fingerprint density at radius 2 is 1.54 bits per heavy atom. The fourth-order valence-electron chi connectivity index (χ4n) is 3.66. The quantitative estimate of drug-likeness (QED) is 0.469. The van der Waals surface area contributed by atoms with Gasteiger partial charge in [-0.05, 0) is 53.4 Å². The summed E-state index contributed by atoms with van der Waals surface area (Å²) in [4.78, 5) is 28.5. The highest BCUT2D eigenvalue weighted by Gasteiger charge is 2.20. The van der Waals surface area contributed by atoms with Crippen LogP contribution in [0.25, 0.3) is 33.5 Å². The molecular weight excluding hydrogens is 352 g/mol. The topological polar surface area (TPSA) is 78.9 Å². The van der Waals surface area contributed by atoms with E-state index in [4.69, 9.17) is 4.42 Å². The second-order valence-electron chi connectivity index (χ2n) is 6.77. The van der Waals surface area contributed by atoms with Gasteiger partial charge in [0.2, 0.25) is 0 Å². The van der Waals surface area contributed by atoms with Crippen molar-refractivity contribution in [1.29, 1.82) is 0 Å². The van der Waals surface area contributed by atoms with Crippen LogP contribution >= 0.6 is 0 Å². The first-order valence-electron chi connectivity index (χ1n) is 8.99. The minimum atomic E-state index is -0.661. The third-order valence-corrected chi connectivity index (χ3v) is 4.93. The zero-order valence-corrected chi connectivity index (χ0v) is 14.9. The Hall–Kier alpha value is -3.86. The molecule has 1 aromatic heterocycles. The Bertz CT molecular complexity index is 1380. The van der Waals surface area contributed by atoms with Crippen LogP contribution in [-0.2, 0) is 6.42 Å². The monoisotopic (exact) mass is 368 g/mol. The summed E-state index contributed by atoms with van der Waals surface area (Å²) < 4.78 is 5.84. The molecular formula is C23H16N2O3. The summed E-state index contributed by atoms with van der Waals surface area (Å²) in [6.07, 6.45) is 2.43. The molecule has 1 aliphatic heterocycles. The van der Waals surface area contributed by atoms with E-state index in [1.807, 2.05) is 42.5 Å². The molecule has 0 bridgehead atoms. The standard InChI is InChI=1S/C23H16N2O3/c26-22-23(27)25-19-13-15(8-9-18(19)24-22)20-17(11-14-5-2-1-3-6-14)12-16-7-4-10-28-21(16)20/h1-10,12-13H,11H2,(H,24,26)(H,25,27). The Labute approximate surface area is 159 Å². The van der Waals surface area contributed by atoms with Crippen LogP contribution in [0.15, 0.2) is 87.0 Å². The van der Waals surface area contributed by atoms with Gasteiger partial charge in [0.05, 0.1) is 17.3 Å². The molecule has 1 aliphatic carbocycles. The van der Waals surface area contributed by atoms with Gasteiger partial charge in [0.1, 0.15) is 5.76 Å². The Balaban J connectivity index is 1.72. The molecule has 5 nitrogen and oxygen atoms in total. The van der Waals surface area contributed by atoms with E-state index in [1.54, 1.807) is 12.3 Å². The van der Waals surface area contributed by atoms with Crippen molar-refractivity contribution in [1.82, 2.24) is 9.97 Å². The average Bonchev–Trinajstić information content (AvgIpc) is 3.07. The van der Waals surface area contributed by atoms with Gasteiger partial charge in [0, 0.05) is 11.1 Å². The molecule has 2 N–H and O–H groups in total. The van der Waals surface area contributed by atoms with E-state index in [2.05, 4.69) is 28.2 Å². The normalized spacial score (nSPS) is 11.3. The third kappa shape index (κ3) is 2.74. The highest BCUT2D eigenvalue weighted by atomic mass is 16.3. The second kappa shape index (κ2) is 6.39. The van der Waals surface area contributed by atoms with Crippen LogP contribution < -0.4 is 11.1 Å². The first-order valence-corrected chi connectivity index (χ1v) is 8.99. The minimum Gasteiger partial charge on any atom is -0.464 e. The molecule has 5 heteroatoms. The van der Waals surface area contributed by atoms with Crippen molar-refractivity contribution in [2.45, 2.75) is 6.42 Å². The molecule has 0 saturated carbocycles. The number of hydrogen-bond donors (Lipinski definition) is 2. The summed E-state index contributed by atoms with van der Waals surface area (Å²) in [6.45, 7) is 0. The zero-order chi connectivity index (χ0) is 19.1. The van der Waals surface area contributed by atoms with E-state index < -0.39 is 11.1 Å². The van der Waals surface area contributed by atoms with Crippen molar-refractivity contribution in [2.75, 3.05) is 0 Å². The van der Waals surface area contributed by atoms with Crippen LogP contribution in [-0.4, -0.2) is 9.97 Å². The molecule has 0 amide bonds. The predicted octanol–water partition coefficient (Wildman–Crippen LogP) is 4.17. The molecule has 3 aromatic rings. The van der Waals surface area contributed by atoms with Gasteiger partial charge in [-0.2, -0.15) is 0 Å². The number of aromatic nitrogens is 2. The van der Waals surface area contributed by atoms with Crippen LogP contribution in [0, 0.1) is 0 Å². The van der Waals surface area contributed by atoms with Gasteiger partial charge in [0.25, 0.3) is 0 Å². The summed E-state index contributed by atoms with van der Waals surface area (Å²) in [5.41, 5.74) is 5.15. The van der Waals surface area contributed by atoms with Gasteiger partial charge in [-0.3, -0.25) is 9.59 Å². The van der Waals surface area contributed by atoms with Crippen LogP contribution in [0.3, 0.4) is 0 Å². The fourth-order valence-corrected chi connectivity index (χ4v) is 3.66. The molecule has 2 aliphatic rings. The summed E-state index contributed by atoms with van der Waals surface area (Å²) in [5.74, 6) is 0.805. The summed E-state index contributed by atoms with van der Waals surface area (Å²) in [5, 5.41) is 0. The van der Waals surface area contributed by atoms with Gasteiger partial charge in [0.15, 0.2) is 0 Å². The predicted molar refractivity (Wildman–Crippen MR) is 109 cm³/mol. The summed E-state index contributed by atoms with van der Waals surface area (Å²) in [7, 11) is 0. The number of hydrogen-bond acceptors (Lipinski definition) is 3. The van der Waals surface area contributed by atoms with Crippen molar-refractivity contribution in [3.8, 4) is 22.5 Å². The third-order valence-electron chi connectivity index (χ3n) is 4.93. The number of H-pyrrole nitrogens is 2. The van der Waals surface area contributed by atoms with Crippen molar-refractivity contribution >= 4 is 11.0 Å². The van der Waals surface area contributed by atoms with Gasteiger partial charge in [-0.25, -0.2) is 0 Å². The molecule has 0 saturated heterocycles. The molecule has 2 heterocycles. The highest BCUT2D eigenvalue weighted by Crippen LogP contribution is 2.40. The van der Waals surface area contributed by atoms with Gasteiger partial charge >= 0.3 is 11.1 Å². The molecule has 2 aromatic carbocycles. The Kier molecular flexibility index (Phi) is 3.72. The van der Waals surface area contributed by atoms with Gasteiger partial charge in [-0.15, -0.1) is 0 Å². The maximum atomic E-state index is 11.7. The molecule has 0 radical (unpaired) electrons. The average molecular weight is 368 g/mol. The molecule has 0 atom stereocenters. The van der Waals surface area contributed by atoms with Crippen LogP contribution in [0.2, 0.25) is 0 Å². The van der Waals surface area contributed by atoms with Crippen molar-refractivity contribution in [2.24, 2.45) is 0 Å². The van der Waals surface area contributed by atoms with E-state index >= 15 is 0 Å². The number of aromatic amines is 2. The smallest absolute Gasteiger partial charge is 0.314 e. The molecule has 0 fully saturated rings. The number of benzene rings is 2. The lowest BCUT2D eigenvalue weighted by Gasteiger charge is -2.08. The zero-order valence-electron chi connectivity index (χ0n) is 14.9. The Morgan fingerprint density at radius 1 is 0.750 bits per heavy atom. The highest BCUT2D eigenvalue weighted by molar-refractivity contribution is 5.90. The van der Waals surface area contributed by atoms with E-state index in [1.165, 1.54) is 5.56 Å². The summed E-state index contributed by atoms with van der Waals surface area (Å²) >= 11 is 0. The lowest BCUT2D eigenvalue weighted by Crippen LogP contribution is -2.28. The molecule has 136 valence electrons.